The molecule has 1 atom stereocenters. The molecule has 186 valence electrons. The van der Waals surface area contributed by atoms with Crippen molar-refractivity contribution in [1.29, 1.82) is 0 Å². The fourth-order valence-corrected chi connectivity index (χ4v) is 8.73. The van der Waals surface area contributed by atoms with Crippen molar-refractivity contribution in [1.82, 2.24) is 9.29 Å². The molecule has 2 aromatic heterocycles. The van der Waals surface area contributed by atoms with Crippen LogP contribution in [0.25, 0.3) is 20.8 Å². The van der Waals surface area contributed by atoms with E-state index < -0.39 is 10.0 Å². The van der Waals surface area contributed by atoms with Gasteiger partial charge in [0.25, 0.3) is 5.91 Å². The van der Waals surface area contributed by atoms with Crippen molar-refractivity contribution in [3.8, 4) is 10.6 Å². The highest BCUT2D eigenvalue weighted by molar-refractivity contribution is 7.89. The summed E-state index contributed by atoms with van der Waals surface area (Å²) in [5.41, 5.74) is 3.74. The molecule has 6 rings (SSSR count). The van der Waals surface area contributed by atoms with Gasteiger partial charge < -0.3 is 5.32 Å². The van der Waals surface area contributed by atoms with Gasteiger partial charge in [-0.1, -0.05) is 19.1 Å². The van der Waals surface area contributed by atoms with E-state index in [0.29, 0.717) is 11.5 Å². The monoisotopic (exact) mass is 537 g/mol. The number of carbonyl (C=O) groups is 1. The summed E-state index contributed by atoms with van der Waals surface area (Å²) >= 11 is 3.30. The van der Waals surface area contributed by atoms with Crippen molar-refractivity contribution in [2.75, 3.05) is 12.4 Å². The first kappa shape index (κ1) is 23.8. The maximum absolute atomic E-state index is 13.3. The molecular weight excluding hydrogens is 511 g/mol. The summed E-state index contributed by atoms with van der Waals surface area (Å²) < 4.78 is 28.2. The molecule has 0 bridgehead atoms. The maximum atomic E-state index is 13.3. The Balaban J connectivity index is 1.32. The zero-order valence-corrected chi connectivity index (χ0v) is 22.6. The van der Waals surface area contributed by atoms with E-state index in [4.69, 9.17) is 4.98 Å². The number of sulfonamides is 1. The van der Waals surface area contributed by atoms with E-state index in [2.05, 4.69) is 18.3 Å². The van der Waals surface area contributed by atoms with Crippen LogP contribution in [-0.2, 0) is 22.9 Å². The first-order valence-electron chi connectivity index (χ1n) is 12.2. The van der Waals surface area contributed by atoms with Gasteiger partial charge in [-0.15, -0.1) is 22.7 Å². The van der Waals surface area contributed by atoms with Crippen molar-refractivity contribution < 1.29 is 13.2 Å². The lowest BCUT2D eigenvalue weighted by Gasteiger charge is -2.18. The van der Waals surface area contributed by atoms with Crippen molar-refractivity contribution >= 4 is 53.8 Å². The van der Waals surface area contributed by atoms with Crippen LogP contribution >= 0.6 is 22.7 Å². The lowest BCUT2D eigenvalue weighted by molar-refractivity contribution is 0.102. The lowest BCUT2D eigenvalue weighted by Crippen LogP contribution is -2.29. The number of thiophene rings is 1. The van der Waals surface area contributed by atoms with Gasteiger partial charge in [0.05, 0.1) is 15.1 Å². The van der Waals surface area contributed by atoms with Crippen LogP contribution in [0.2, 0.25) is 0 Å². The smallest absolute Gasteiger partial charge is 0.256 e. The Bertz CT molecular complexity index is 1530. The molecule has 1 amide bonds. The van der Waals surface area contributed by atoms with Gasteiger partial charge in [0.15, 0.2) is 0 Å². The standard InChI is InChI=1S/C27H27N3O3S3/c1-16-7-14-20-23(15-16)35-27(24(20)26-28-21-5-3-4-6-22(21)34-26)29-25(31)17-8-12-19(13-9-17)36(32,33)30(2)18-10-11-18/h3-6,8-9,12-13,16,18H,7,10-11,14-15H2,1-2H3,(H,29,31). The average Bonchev–Trinajstić information content (AvgIpc) is 3.53. The van der Waals surface area contributed by atoms with E-state index in [9.17, 15) is 13.2 Å². The maximum Gasteiger partial charge on any atom is 0.256 e. The van der Waals surface area contributed by atoms with Gasteiger partial charge in [-0.25, -0.2) is 13.4 Å². The van der Waals surface area contributed by atoms with Crippen LogP contribution in [0.4, 0.5) is 5.00 Å². The number of aromatic nitrogens is 1. The molecule has 0 aliphatic heterocycles. The molecule has 6 nitrogen and oxygen atoms in total. The number of hydrogen-bond donors (Lipinski definition) is 1. The van der Waals surface area contributed by atoms with E-state index in [1.54, 1.807) is 41.9 Å². The molecule has 2 aliphatic rings. The predicted molar refractivity (Wildman–Crippen MR) is 146 cm³/mol. The molecule has 36 heavy (non-hydrogen) atoms. The highest BCUT2D eigenvalue weighted by Gasteiger charge is 2.35. The first-order valence-corrected chi connectivity index (χ1v) is 15.3. The summed E-state index contributed by atoms with van der Waals surface area (Å²) in [4.78, 5) is 19.7. The Morgan fingerprint density at radius 3 is 2.53 bits per heavy atom. The SMILES string of the molecule is CC1CCc2c(sc(NC(=O)c3ccc(S(=O)(=O)N(C)C4CC4)cc3)c2-c2nc3ccccc3s2)C1. The fourth-order valence-electron chi connectivity index (χ4n) is 4.80. The Labute approximate surface area is 219 Å². The van der Waals surface area contributed by atoms with Crippen molar-refractivity contribution in [3.05, 3.63) is 64.5 Å². The number of para-hydroxylation sites is 1. The largest absolute Gasteiger partial charge is 0.313 e. The number of carbonyl (C=O) groups excluding carboxylic acids is 1. The minimum atomic E-state index is -3.54. The van der Waals surface area contributed by atoms with Crippen LogP contribution in [0.5, 0.6) is 0 Å². The second-order valence-corrected chi connectivity index (χ2v) is 13.9. The molecular formula is C27H27N3O3S3. The zero-order chi connectivity index (χ0) is 25.0. The molecule has 1 N–H and O–H groups in total. The number of nitrogens with one attached hydrogen (secondary N) is 1. The topological polar surface area (TPSA) is 79.4 Å². The molecule has 0 saturated heterocycles. The van der Waals surface area contributed by atoms with E-state index >= 15 is 0 Å². The molecule has 2 aromatic carbocycles. The number of anilines is 1. The summed E-state index contributed by atoms with van der Waals surface area (Å²) in [7, 11) is -1.92. The minimum Gasteiger partial charge on any atom is -0.313 e. The van der Waals surface area contributed by atoms with E-state index in [-0.39, 0.29) is 16.8 Å². The Kier molecular flexibility index (Phi) is 5.99. The predicted octanol–water partition coefficient (Wildman–Crippen LogP) is 6.18. The second kappa shape index (κ2) is 9.06. The van der Waals surface area contributed by atoms with Gasteiger partial charge in [0.1, 0.15) is 10.0 Å². The normalized spacial score (nSPS) is 17.9. The van der Waals surface area contributed by atoms with Crippen LogP contribution in [0.1, 0.15) is 47.0 Å². The fraction of sp³-hybridized carbons (Fsp3) is 0.333. The molecule has 2 aliphatic carbocycles. The van der Waals surface area contributed by atoms with Gasteiger partial charge in [-0.2, -0.15) is 4.31 Å². The first-order chi connectivity index (χ1) is 17.3. The Hall–Kier alpha value is -2.59. The Morgan fingerprint density at radius 2 is 1.81 bits per heavy atom. The highest BCUT2D eigenvalue weighted by Crippen LogP contribution is 2.47. The van der Waals surface area contributed by atoms with Crippen LogP contribution in [-0.4, -0.2) is 36.7 Å². The molecule has 2 heterocycles. The van der Waals surface area contributed by atoms with Crippen LogP contribution in [0.3, 0.4) is 0 Å². The molecule has 9 heteroatoms. The number of fused-ring (bicyclic) bond motifs is 2. The lowest BCUT2D eigenvalue weighted by atomic mass is 9.88. The third kappa shape index (κ3) is 4.28. The zero-order valence-electron chi connectivity index (χ0n) is 20.2. The Morgan fingerprint density at radius 1 is 1.06 bits per heavy atom. The number of hydrogen-bond acceptors (Lipinski definition) is 6. The number of nitrogens with zero attached hydrogens (tertiary/aromatic N) is 2. The van der Waals surface area contributed by atoms with E-state index in [1.165, 1.54) is 26.9 Å². The van der Waals surface area contributed by atoms with E-state index in [1.807, 2.05) is 18.2 Å². The summed E-state index contributed by atoms with van der Waals surface area (Å²) in [5, 5.41) is 4.89. The van der Waals surface area contributed by atoms with Crippen molar-refractivity contribution in [2.45, 2.75) is 50.0 Å². The third-order valence-electron chi connectivity index (χ3n) is 7.10. The number of amides is 1. The van der Waals surface area contributed by atoms with Crippen molar-refractivity contribution in [3.63, 3.8) is 0 Å². The molecule has 1 saturated carbocycles. The number of thiazole rings is 1. The van der Waals surface area contributed by atoms with Gasteiger partial charge >= 0.3 is 0 Å². The van der Waals surface area contributed by atoms with Crippen LogP contribution in [0, 0.1) is 5.92 Å². The average molecular weight is 538 g/mol. The quantitative estimate of drug-likeness (QED) is 0.318. The van der Waals surface area contributed by atoms with Gasteiger partial charge in [-0.05, 0) is 80.0 Å². The van der Waals surface area contributed by atoms with Gasteiger partial charge in [0.2, 0.25) is 10.0 Å². The summed E-state index contributed by atoms with van der Waals surface area (Å²) in [6.45, 7) is 2.27. The van der Waals surface area contributed by atoms with E-state index in [0.717, 1.165) is 57.9 Å². The molecule has 1 fully saturated rings. The number of rotatable bonds is 6. The second-order valence-electron chi connectivity index (χ2n) is 9.77. The number of benzene rings is 2. The van der Waals surface area contributed by atoms with Crippen molar-refractivity contribution in [2.24, 2.45) is 5.92 Å². The van der Waals surface area contributed by atoms with Gasteiger partial charge in [0, 0.05) is 29.1 Å². The summed E-state index contributed by atoms with van der Waals surface area (Å²) in [6.07, 6.45) is 4.91. The third-order valence-corrected chi connectivity index (χ3v) is 11.2. The van der Waals surface area contributed by atoms with Gasteiger partial charge in [-0.3, -0.25) is 4.79 Å². The molecule has 4 aromatic rings. The highest BCUT2D eigenvalue weighted by atomic mass is 32.2. The van der Waals surface area contributed by atoms with Crippen LogP contribution in [0.15, 0.2) is 53.4 Å². The molecule has 0 spiro atoms. The molecule has 1 unspecified atom stereocenters. The summed E-state index contributed by atoms with van der Waals surface area (Å²) in [6, 6.07) is 14.4. The summed E-state index contributed by atoms with van der Waals surface area (Å²) in [5.74, 6) is 0.370. The van der Waals surface area contributed by atoms with Crippen LogP contribution < -0.4 is 5.32 Å². The minimum absolute atomic E-state index is 0.0893. The molecule has 0 radical (unpaired) electrons.